The maximum absolute atomic E-state index is 13.0. The second-order valence-corrected chi connectivity index (χ2v) is 8.41. The van der Waals surface area contributed by atoms with Crippen molar-refractivity contribution in [3.63, 3.8) is 0 Å². The van der Waals surface area contributed by atoms with E-state index in [9.17, 15) is 10.1 Å². The third-order valence-electron chi connectivity index (χ3n) is 4.70. The standard InChI is InChI=1S/C24H22ClN3OS/c1-28(2)21(18-10-4-6-12-20(18)25)16-27-24(29)19-11-5-8-14-23(19)30-22-13-7-3-9-17(22)15-26/h3-14,21H,16H2,1-2H3,(H,27,29)/t21-/m0/s1. The van der Waals surface area contributed by atoms with Crippen molar-refractivity contribution in [1.29, 1.82) is 5.26 Å². The fourth-order valence-electron chi connectivity index (χ4n) is 3.11. The van der Waals surface area contributed by atoms with E-state index >= 15 is 0 Å². The van der Waals surface area contributed by atoms with E-state index in [0.29, 0.717) is 22.7 Å². The number of halogens is 1. The highest BCUT2D eigenvalue weighted by molar-refractivity contribution is 7.99. The second kappa shape index (κ2) is 10.3. The van der Waals surface area contributed by atoms with Crippen LogP contribution in [0.2, 0.25) is 5.02 Å². The average molecular weight is 436 g/mol. The van der Waals surface area contributed by atoms with Crippen LogP contribution in [-0.2, 0) is 0 Å². The summed E-state index contributed by atoms with van der Waals surface area (Å²) in [7, 11) is 3.92. The molecule has 0 fully saturated rings. The van der Waals surface area contributed by atoms with E-state index in [4.69, 9.17) is 11.6 Å². The van der Waals surface area contributed by atoms with Crippen molar-refractivity contribution in [2.75, 3.05) is 20.6 Å². The van der Waals surface area contributed by atoms with Gasteiger partial charge in [-0.15, -0.1) is 0 Å². The van der Waals surface area contributed by atoms with Gasteiger partial charge >= 0.3 is 0 Å². The van der Waals surface area contributed by atoms with Crippen molar-refractivity contribution >= 4 is 29.3 Å². The molecule has 6 heteroatoms. The molecular weight excluding hydrogens is 414 g/mol. The number of carbonyl (C=O) groups excluding carboxylic acids is 1. The summed E-state index contributed by atoms with van der Waals surface area (Å²) in [5.74, 6) is -0.161. The summed E-state index contributed by atoms with van der Waals surface area (Å²) in [6.45, 7) is 0.420. The van der Waals surface area contributed by atoms with E-state index in [1.54, 1.807) is 12.1 Å². The van der Waals surface area contributed by atoms with E-state index in [0.717, 1.165) is 15.4 Å². The first kappa shape index (κ1) is 21.9. The number of nitrogens with one attached hydrogen (secondary N) is 1. The average Bonchev–Trinajstić information content (AvgIpc) is 2.75. The van der Waals surface area contributed by atoms with Gasteiger partial charge in [0, 0.05) is 21.4 Å². The number of rotatable bonds is 7. The Labute approximate surface area is 186 Å². The van der Waals surface area contributed by atoms with Crippen LogP contribution in [0.15, 0.2) is 82.6 Å². The van der Waals surface area contributed by atoms with E-state index in [2.05, 4.69) is 11.4 Å². The van der Waals surface area contributed by atoms with Crippen molar-refractivity contribution in [2.24, 2.45) is 0 Å². The summed E-state index contributed by atoms with van der Waals surface area (Å²) < 4.78 is 0. The Kier molecular flexibility index (Phi) is 7.53. The van der Waals surface area contributed by atoms with E-state index in [1.165, 1.54) is 11.8 Å². The van der Waals surface area contributed by atoms with Gasteiger partial charge in [-0.2, -0.15) is 5.26 Å². The van der Waals surface area contributed by atoms with Crippen molar-refractivity contribution in [3.8, 4) is 6.07 Å². The number of hydrogen-bond donors (Lipinski definition) is 1. The van der Waals surface area contributed by atoms with Crippen LogP contribution in [0.25, 0.3) is 0 Å². The first-order chi connectivity index (χ1) is 14.5. The Hall–Kier alpha value is -2.78. The minimum absolute atomic E-state index is 0.0539. The zero-order valence-electron chi connectivity index (χ0n) is 16.8. The molecule has 0 saturated heterocycles. The van der Waals surface area contributed by atoms with E-state index in [1.807, 2.05) is 79.7 Å². The monoisotopic (exact) mass is 435 g/mol. The molecule has 0 heterocycles. The third kappa shape index (κ3) is 5.22. The van der Waals surface area contributed by atoms with Crippen LogP contribution in [0.1, 0.15) is 27.5 Å². The molecule has 0 aliphatic rings. The fraction of sp³-hybridized carbons (Fsp3) is 0.167. The van der Waals surface area contributed by atoms with Crippen molar-refractivity contribution in [1.82, 2.24) is 10.2 Å². The van der Waals surface area contributed by atoms with Crippen molar-refractivity contribution in [2.45, 2.75) is 15.8 Å². The molecule has 0 unspecified atom stereocenters. The van der Waals surface area contributed by atoms with Crippen LogP contribution in [0.5, 0.6) is 0 Å². The molecule has 0 saturated carbocycles. The van der Waals surface area contributed by atoms with Gasteiger partial charge < -0.3 is 10.2 Å². The molecule has 4 nitrogen and oxygen atoms in total. The lowest BCUT2D eigenvalue weighted by Gasteiger charge is -2.26. The predicted molar refractivity (Wildman–Crippen MR) is 122 cm³/mol. The Morgan fingerprint density at radius 1 is 1.03 bits per heavy atom. The first-order valence-electron chi connectivity index (χ1n) is 9.46. The minimum atomic E-state index is -0.161. The quantitative estimate of drug-likeness (QED) is 0.540. The first-order valence-corrected chi connectivity index (χ1v) is 10.7. The summed E-state index contributed by atoms with van der Waals surface area (Å²) in [6, 6.07) is 24.6. The number of benzene rings is 3. The van der Waals surface area contributed by atoms with Crippen LogP contribution in [0.4, 0.5) is 0 Å². The SMILES string of the molecule is CN(C)[C@@H](CNC(=O)c1ccccc1Sc1ccccc1C#N)c1ccccc1Cl. The summed E-state index contributed by atoms with van der Waals surface area (Å²) in [6.07, 6.45) is 0. The smallest absolute Gasteiger partial charge is 0.252 e. The molecule has 30 heavy (non-hydrogen) atoms. The van der Waals surface area contributed by atoms with Crippen molar-refractivity contribution in [3.05, 3.63) is 94.5 Å². The summed E-state index contributed by atoms with van der Waals surface area (Å²) in [5, 5.41) is 13.1. The van der Waals surface area contributed by atoms with Crippen LogP contribution in [-0.4, -0.2) is 31.4 Å². The highest BCUT2D eigenvalue weighted by Gasteiger charge is 2.19. The lowest BCUT2D eigenvalue weighted by atomic mass is 10.1. The molecule has 3 rings (SSSR count). The summed E-state index contributed by atoms with van der Waals surface area (Å²) in [4.78, 5) is 16.7. The number of hydrogen-bond acceptors (Lipinski definition) is 4. The normalized spacial score (nSPS) is 11.7. The number of likely N-dealkylation sites (N-methyl/N-ethyl adjacent to an activating group) is 1. The van der Waals surface area contributed by atoms with Gasteiger partial charge in [0.15, 0.2) is 0 Å². The zero-order valence-corrected chi connectivity index (χ0v) is 18.4. The molecule has 0 bridgehead atoms. The number of amides is 1. The molecule has 0 spiro atoms. The van der Waals surface area contributed by atoms with Gasteiger partial charge in [0.25, 0.3) is 5.91 Å². The predicted octanol–water partition coefficient (Wildman–Crippen LogP) is 5.40. The molecule has 0 radical (unpaired) electrons. The van der Waals surface area contributed by atoms with Crippen LogP contribution in [0, 0.1) is 11.3 Å². The minimum Gasteiger partial charge on any atom is -0.350 e. The van der Waals surface area contributed by atoms with Crippen LogP contribution < -0.4 is 5.32 Å². The molecule has 3 aromatic rings. The zero-order chi connectivity index (χ0) is 21.5. The maximum atomic E-state index is 13.0. The Morgan fingerprint density at radius 2 is 1.67 bits per heavy atom. The number of nitriles is 1. The molecule has 0 aliphatic heterocycles. The van der Waals surface area contributed by atoms with Gasteiger partial charge in [0.2, 0.25) is 0 Å². The summed E-state index contributed by atoms with van der Waals surface area (Å²) >= 11 is 7.79. The van der Waals surface area contributed by atoms with E-state index < -0.39 is 0 Å². The third-order valence-corrected chi connectivity index (χ3v) is 6.20. The lowest BCUT2D eigenvalue weighted by molar-refractivity contribution is 0.0939. The molecule has 3 aromatic carbocycles. The molecule has 1 amide bonds. The number of carbonyl (C=O) groups is 1. The molecule has 152 valence electrons. The largest absolute Gasteiger partial charge is 0.350 e. The van der Waals surface area contributed by atoms with Gasteiger partial charge in [-0.05, 0) is 50.0 Å². The second-order valence-electron chi connectivity index (χ2n) is 6.92. The van der Waals surface area contributed by atoms with Gasteiger partial charge in [0.1, 0.15) is 6.07 Å². The topological polar surface area (TPSA) is 56.1 Å². The highest BCUT2D eigenvalue weighted by atomic mass is 35.5. The molecular formula is C24H22ClN3OS. The molecule has 1 N–H and O–H groups in total. The van der Waals surface area contributed by atoms with Crippen molar-refractivity contribution < 1.29 is 4.79 Å². The highest BCUT2D eigenvalue weighted by Crippen LogP contribution is 2.32. The lowest BCUT2D eigenvalue weighted by Crippen LogP contribution is -2.34. The van der Waals surface area contributed by atoms with Gasteiger partial charge in [0.05, 0.1) is 17.2 Å². The van der Waals surface area contributed by atoms with Gasteiger partial charge in [-0.25, -0.2) is 0 Å². The Balaban J connectivity index is 1.79. The van der Waals surface area contributed by atoms with Crippen LogP contribution >= 0.6 is 23.4 Å². The molecule has 0 aromatic heterocycles. The van der Waals surface area contributed by atoms with Gasteiger partial charge in [-0.1, -0.05) is 65.8 Å². The number of nitrogens with zero attached hydrogens (tertiary/aromatic N) is 2. The maximum Gasteiger partial charge on any atom is 0.252 e. The fourth-order valence-corrected chi connectivity index (χ4v) is 4.40. The molecule has 1 atom stereocenters. The Bertz CT molecular complexity index is 1080. The van der Waals surface area contributed by atoms with Crippen LogP contribution in [0.3, 0.4) is 0 Å². The molecule has 0 aliphatic carbocycles. The van der Waals surface area contributed by atoms with Gasteiger partial charge in [-0.3, -0.25) is 4.79 Å². The Morgan fingerprint density at radius 3 is 2.37 bits per heavy atom. The van der Waals surface area contributed by atoms with E-state index in [-0.39, 0.29) is 11.9 Å². The summed E-state index contributed by atoms with van der Waals surface area (Å²) in [5.41, 5.74) is 2.13.